The van der Waals surface area contributed by atoms with Crippen LogP contribution in [0.25, 0.3) is 0 Å². The maximum absolute atomic E-state index is 12.2. The molecule has 0 aromatic heterocycles. The van der Waals surface area contributed by atoms with E-state index in [0.29, 0.717) is 24.0 Å². The van der Waals surface area contributed by atoms with E-state index in [-0.39, 0.29) is 11.6 Å². The lowest BCUT2D eigenvalue weighted by Gasteiger charge is -2.13. The van der Waals surface area contributed by atoms with Crippen LogP contribution in [0.5, 0.6) is 0 Å². The second-order valence-electron chi connectivity index (χ2n) is 4.88. The van der Waals surface area contributed by atoms with Crippen molar-refractivity contribution in [3.63, 3.8) is 0 Å². The van der Waals surface area contributed by atoms with Gasteiger partial charge in [0.15, 0.2) is 11.6 Å². The SMILES string of the molecule is CCC(=O)c1cccc(C(=O)CC)c1[CH]c1ccccc1. The van der Waals surface area contributed by atoms with Crippen LogP contribution >= 0.6 is 0 Å². The highest BCUT2D eigenvalue weighted by molar-refractivity contribution is 6.04. The third-order valence-electron chi connectivity index (χ3n) is 3.46. The number of Topliss-reactive ketones (excluding diaryl/α,β-unsaturated/α-hetero) is 2. The molecule has 107 valence electrons. The first kappa shape index (κ1) is 15.2. The van der Waals surface area contributed by atoms with Crippen molar-refractivity contribution in [1.29, 1.82) is 0 Å². The number of carbonyl (C=O) groups excluding carboxylic acids is 2. The molecule has 2 rings (SSSR count). The second-order valence-corrected chi connectivity index (χ2v) is 4.88. The minimum atomic E-state index is 0.0583. The van der Waals surface area contributed by atoms with Crippen LogP contribution in [0.3, 0.4) is 0 Å². The third kappa shape index (κ3) is 3.46. The Bertz CT molecular complexity index is 608. The monoisotopic (exact) mass is 279 g/mol. The van der Waals surface area contributed by atoms with Crippen LogP contribution in [0.4, 0.5) is 0 Å². The standard InChI is InChI=1S/C19H19O2/c1-3-18(20)15-11-8-12-16(19(21)4-2)17(15)13-14-9-6-5-7-10-14/h5-13H,3-4H2,1-2H3. The Morgan fingerprint density at radius 3 is 1.81 bits per heavy atom. The average Bonchev–Trinajstić information content (AvgIpc) is 2.54. The van der Waals surface area contributed by atoms with Crippen molar-refractivity contribution in [3.8, 4) is 0 Å². The maximum atomic E-state index is 12.2. The van der Waals surface area contributed by atoms with Gasteiger partial charge in [-0.15, -0.1) is 0 Å². The van der Waals surface area contributed by atoms with Crippen molar-refractivity contribution in [2.24, 2.45) is 0 Å². The molecule has 0 aliphatic rings. The zero-order valence-electron chi connectivity index (χ0n) is 12.4. The molecule has 0 bridgehead atoms. The summed E-state index contributed by atoms with van der Waals surface area (Å²) in [7, 11) is 0. The minimum Gasteiger partial charge on any atom is -0.294 e. The van der Waals surface area contributed by atoms with Crippen LogP contribution in [0.1, 0.15) is 58.5 Å². The summed E-state index contributed by atoms with van der Waals surface area (Å²) < 4.78 is 0. The van der Waals surface area contributed by atoms with Gasteiger partial charge < -0.3 is 0 Å². The predicted octanol–water partition coefficient (Wildman–Crippen LogP) is 4.47. The molecule has 0 fully saturated rings. The summed E-state index contributed by atoms with van der Waals surface area (Å²) >= 11 is 0. The topological polar surface area (TPSA) is 34.1 Å². The molecule has 1 radical (unpaired) electrons. The molecule has 2 nitrogen and oxygen atoms in total. The molecule has 2 heteroatoms. The number of benzene rings is 2. The second kappa shape index (κ2) is 6.98. The number of hydrogen-bond acceptors (Lipinski definition) is 2. The normalized spacial score (nSPS) is 10.4. The molecule has 21 heavy (non-hydrogen) atoms. The van der Waals surface area contributed by atoms with Crippen molar-refractivity contribution in [1.82, 2.24) is 0 Å². The van der Waals surface area contributed by atoms with Crippen molar-refractivity contribution >= 4 is 11.6 Å². The fourth-order valence-corrected chi connectivity index (χ4v) is 2.30. The number of ketones is 2. The van der Waals surface area contributed by atoms with Gasteiger partial charge in [0, 0.05) is 30.4 Å². The quantitative estimate of drug-likeness (QED) is 0.731. The van der Waals surface area contributed by atoms with Crippen molar-refractivity contribution < 1.29 is 9.59 Å². The van der Waals surface area contributed by atoms with Crippen LogP contribution in [-0.4, -0.2) is 11.6 Å². The minimum absolute atomic E-state index is 0.0583. The van der Waals surface area contributed by atoms with Gasteiger partial charge in [-0.05, 0) is 11.1 Å². The van der Waals surface area contributed by atoms with Gasteiger partial charge in [0.2, 0.25) is 0 Å². The largest absolute Gasteiger partial charge is 0.294 e. The molecule has 2 aromatic carbocycles. The third-order valence-corrected chi connectivity index (χ3v) is 3.46. The lowest BCUT2D eigenvalue weighted by molar-refractivity contribution is 0.0987. The number of hydrogen-bond donors (Lipinski definition) is 0. The molecule has 0 spiro atoms. The Morgan fingerprint density at radius 2 is 1.33 bits per heavy atom. The highest BCUT2D eigenvalue weighted by Crippen LogP contribution is 2.23. The van der Waals surface area contributed by atoms with Gasteiger partial charge in [-0.3, -0.25) is 9.59 Å². The van der Waals surface area contributed by atoms with Crippen molar-refractivity contribution in [2.75, 3.05) is 0 Å². The fourth-order valence-electron chi connectivity index (χ4n) is 2.30. The highest BCUT2D eigenvalue weighted by Gasteiger charge is 2.17. The van der Waals surface area contributed by atoms with E-state index in [1.807, 2.05) is 50.6 Å². The fraction of sp³-hybridized carbons (Fsp3) is 0.211. The smallest absolute Gasteiger partial charge is 0.162 e. The first-order valence-corrected chi connectivity index (χ1v) is 7.26. The van der Waals surface area contributed by atoms with Gasteiger partial charge in [-0.25, -0.2) is 0 Å². The van der Waals surface area contributed by atoms with Crippen LogP contribution in [0.2, 0.25) is 0 Å². The van der Waals surface area contributed by atoms with Crippen LogP contribution in [0.15, 0.2) is 48.5 Å². The van der Waals surface area contributed by atoms with Crippen molar-refractivity contribution in [3.05, 3.63) is 77.2 Å². The summed E-state index contributed by atoms with van der Waals surface area (Å²) in [6.07, 6.45) is 2.78. The van der Waals surface area contributed by atoms with E-state index in [4.69, 9.17) is 0 Å². The van der Waals surface area contributed by atoms with Gasteiger partial charge in [0.25, 0.3) is 0 Å². The zero-order chi connectivity index (χ0) is 15.2. The van der Waals surface area contributed by atoms with E-state index >= 15 is 0 Å². The molecule has 0 amide bonds. The van der Waals surface area contributed by atoms with E-state index in [1.54, 1.807) is 18.2 Å². The van der Waals surface area contributed by atoms with Crippen molar-refractivity contribution in [2.45, 2.75) is 26.7 Å². The molecule has 0 saturated heterocycles. The first-order chi connectivity index (χ1) is 10.2. The van der Waals surface area contributed by atoms with E-state index in [1.165, 1.54) is 0 Å². The number of carbonyl (C=O) groups is 2. The molecule has 0 unspecified atom stereocenters. The van der Waals surface area contributed by atoms with Crippen LogP contribution in [-0.2, 0) is 0 Å². The van der Waals surface area contributed by atoms with Gasteiger partial charge in [-0.2, -0.15) is 0 Å². The summed E-state index contributed by atoms with van der Waals surface area (Å²) in [4.78, 5) is 24.3. The Kier molecular flexibility index (Phi) is 5.04. The Labute approximate surface area is 125 Å². The number of rotatable bonds is 6. The summed E-state index contributed by atoms with van der Waals surface area (Å²) in [5.74, 6) is 0.117. The lowest BCUT2D eigenvalue weighted by atomic mass is 9.90. The molecule has 2 aromatic rings. The molecule has 0 heterocycles. The lowest BCUT2D eigenvalue weighted by Crippen LogP contribution is -2.09. The summed E-state index contributed by atoms with van der Waals surface area (Å²) in [5.41, 5.74) is 2.97. The van der Waals surface area contributed by atoms with Gasteiger partial charge in [-0.1, -0.05) is 62.4 Å². The Morgan fingerprint density at radius 1 is 0.810 bits per heavy atom. The first-order valence-electron chi connectivity index (χ1n) is 7.26. The molecular weight excluding hydrogens is 260 g/mol. The van der Waals surface area contributed by atoms with Crippen LogP contribution in [0, 0.1) is 6.42 Å². The van der Waals surface area contributed by atoms with E-state index in [2.05, 4.69) is 0 Å². The van der Waals surface area contributed by atoms with Gasteiger partial charge >= 0.3 is 0 Å². The van der Waals surface area contributed by atoms with Gasteiger partial charge in [0.1, 0.15) is 0 Å². The summed E-state index contributed by atoms with van der Waals surface area (Å²) in [6, 6.07) is 15.1. The molecule has 0 aliphatic heterocycles. The molecule has 0 saturated carbocycles. The van der Waals surface area contributed by atoms with Crippen LogP contribution < -0.4 is 0 Å². The summed E-state index contributed by atoms with van der Waals surface area (Å²) in [6.45, 7) is 3.67. The maximum Gasteiger partial charge on any atom is 0.162 e. The predicted molar refractivity (Wildman–Crippen MR) is 84.6 cm³/mol. The molecular formula is C19H19O2. The highest BCUT2D eigenvalue weighted by atomic mass is 16.1. The molecule has 0 aliphatic carbocycles. The average molecular weight is 279 g/mol. The van der Waals surface area contributed by atoms with E-state index in [0.717, 1.165) is 11.1 Å². The zero-order valence-corrected chi connectivity index (χ0v) is 12.4. The molecule has 0 N–H and O–H groups in total. The Hall–Kier alpha value is -2.22. The van der Waals surface area contributed by atoms with Gasteiger partial charge in [0.05, 0.1) is 0 Å². The van der Waals surface area contributed by atoms with E-state index in [9.17, 15) is 9.59 Å². The Balaban J connectivity index is 2.53. The van der Waals surface area contributed by atoms with E-state index < -0.39 is 0 Å². The summed E-state index contributed by atoms with van der Waals surface area (Å²) in [5, 5.41) is 0. The molecule has 0 atom stereocenters.